The summed E-state index contributed by atoms with van der Waals surface area (Å²) in [5.74, 6) is 2.45. The first-order valence-corrected chi connectivity index (χ1v) is 13.6. The Balaban J connectivity index is 3.09. The summed E-state index contributed by atoms with van der Waals surface area (Å²) >= 11 is 0. The highest BCUT2D eigenvalue weighted by molar-refractivity contribution is 7.71. The third-order valence-corrected chi connectivity index (χ3v) is 9.66. The van der Waals surface area contributed by atoms with E-state index in [1.807, 2.05) is 26.0 Å². The molecule has 31 heavy (non-hydrogen) atoms. The molecule has 4 heteroatoms. The maximum Gasteiger partial charge on any atom is 0.161 e. The van der Waals surface area contributed by atoms with Gasteiger partial charge in [-0.2, -0.15) is 0 Å². The number of hydrogen-bond donors (Lipinski definition) is 0. The first kappa shape index (κ1) is 25.5. The normalized spacial score (nSPS) is 12.2. The molecule has 0 aromatic heterocycles. The third-order valence-electron chi connectivity index (χ3n) is 6.36. The second kappa shape index (κ2) is 10.3. The Bertz CT molecular complexity index is 920. The Labute approximate surface area is 189 Å². The monoisotopic (exact) mass is 444 g/mol. The molecule has 0 amide bonds. The van der Waals surface area contributed by atoms with Crippen LogP contribution in [0.1, 0.15) is 89.8 Å². The first-order chi connectivity index (χ1) is 14.5. The molecule has 172 valence electrons. The van der Waals surface area contributed by atoms with Crippen molar-refractivity contribution in [2.75, 3.05) is 26.5 Å². The van der Waals surface area contributed by atoms with Gasteiger partial charge in [0.2, 0.25) is 0 Å². The summed E-state index contributed by atoms with van der Waals surface area (Å²) in [4.78, 5) is 0. The molecular weight excluding hydrogens is 403 g/mol. The SMILES string of the molecule is CCP(=O)(CC)c1cc(OC)c(OC)cc1-c1c(C(C)C)cc(C(C)C)cc1C(C)C. The average Bonchev–Trinajstić information content (AvgIpc) is 2.76. The van der Waals surface area contributed by atoms with E-state index < -0.39 is 7.14 Å². The number of benzene rings is 2. The van der Waals surface area contributed by atoms with Crippen LogP contribution in [-0.2, 0) is 4.57 Å². The second-order valence-corrected chi connectivity index (χ2v) is 12.8. The van der Waals surface area contributed by atoms with Gasteiger partial charge in [-0.3, -0.25) is 0 Å². The van der Waals surface area contributed by atoms with Gasteiger partial charge in [0.05, 0.1) is 14.2 Å². The smallest absolute Gasteiger partial charge is 0.161 e. The van der Waals surface area contributed by atoms with Crippen molar-refractivity contribution in [1.29, 1.82) is 0 Å². The zero-order valence-electron chi connectivity index (χ0n) is 21.1. The zero-order chi connectivity index (χ0) is 23.5. The van der Waals surface area contributed by atoms with E-state index in [4.69, 9.17) is 9.47 Å². The summed E-state index contributed by atoms with van der Waals surface area (Å²) in [6.07, 6.45) is 1.26. The molecule has 0 saturated carbocycles. The molecule has 2 aromatic rings. The van der Waals surface area contributed by atoms with Gasteiger partial charge in [0, 0.05) is 17.6 Å². The minimum absolute atomic E-state index is 0.342. The Kier molecular flexibility index (Phi) is 8.45. The molecule has 0 unspecified atom stereocenters. The van der Waals surface area contributed by atoms with Crippen LogP contribution in [0.5, 0.6) is 11.5 Å². The predicted molar refractivity (Wildman–Crippen MR) is 136 cm³/mol. The molecule has 3 nitrogen and oxygen atoms in total. The van der Waals surface area contributed by atoms with E-state index in [2.05, 4.69) is 53.7 Å². The van der Waals surface area contributed by atoms with E-state index in [0.29, 0.717) is 41.6 Å². The van der Waals surface area contributed by atoms with Gasteiger partial charge in [-0.25, -0.2) is 0 Å². The van der Waals surface area contributed by atoms with Crippen LogP contribution in [0, 0.1) is 0 Å². The zero-order valence-corrected chi connectivity index (χ0v) is 22.0. The molecule has 2 rings (SSSR count). The van der Waals surface area contributed by atoms with Crippen LogP contribution in [0.15, 0.2) is 24.3 Å². The second-order valence-electron chi connectivity index (χ2n) is 9.28. The van der Waals surface area contributed by atoms with Gasteiger partial charge < -0.3 is 14.0 Å². The molecular formula is C27H41O3P. The third kappa shape index (κ3) is 5.03. The van der Waals surface area contributed by atoms with Gasteiger partial charge in [0.25, 0.3) is 0 Å². The molecule has 0 atom stereocenters. The summed E-state index contributed by atoms with van der Waals surface area (Å²) in [6, 6.07) is 8.71. The minimum atomic E-state index is -2.57. The highest BCUT2D eigenvalue weighted by atomic mass is 31.2. The molecule has 0 aliphatic heterocycles. The van der Waals surface area contributed by atoms with Crippen molar-refractivity contribution in [3.63, 3.8) is 0 Å². The van der Waals surface area contributed by atoms with E-state index in [1.165, 1.54) is 22.3 Å². The fraction of sp³-hybridized carbons (Fsp3) is 0.556. The fourth-order valence-electron chi connectivity index (χ4n) is 4.24. The van der Waals surface area contributed by atoms with Crippen LogP contribution >= 0.6 is 7.14 Å². The van der Waals surface area contributed by atoms with Gasteiger partial charge in [-0.1, -0.05) is 67.5 Å². The minimum Gasteiger partial charge on any atom is -0.493 e. The van der Waals surface area contributed by atoms with Crippen molar-refractivity contribution in [3.8, 4) is 22.6 Å². The lowest BCUT2D eigenvalue weighted by Gasteiger charge is -2.27. The van der Waals surface area contributed by atoms with Crippen molar-refractivity contribution in [3.05, 3.63) is 41.0 Å². The van der Waals surface area contributed by atoms with E-state index in [9.17, 15) is 4.57 Å². The number of rotatable bonds is 9. The first-order valence-electron chi connectivity index (χ1n) is 11.6. The molecule has 0 radical (unpaired) electrons. The van der Waals surface area contributed by atoms with Crippen LogP contribution in [0.3, 0.4) is 0 Å². The average molecular weight is 445 g/mol. The Hall–Kier alpha value is -1.73. The summed E-state index contributed by atoms with van der Waals surface area (Å²) in [7, 11) is 0.728. The number of ether oxygens (including phenoxy) is 2. The summed E-state index contributed by atoms with van der Waals surface area (Å²) in [5.41, 5.74) is 6.22. The van der Waals surface area contributed by atoms with Crippen molar-refractivity contribution >= 4 is 12.4 Å². The largest absolute Gasteiger partial charge is 0.493 e. The van der Waals surface area contributed by atoms with Gasteiger partial charge in [0.15, 0.2) is 11.5 Å². The summed E-state index contributed by atoms with van der Waals surface area (Å²) in [5, 5.41) is 0.913. The lowest BCUT2D eigenvalue weighted by molar-refractivity contribution is 0.355. The van der Waals surface area contributed by atoms with Crippen molar-refractivity contribution in [2.45, 2.75) is 73.1 Å². The van der Waals surface area contributed by atoms with E-state index >= 15 is 0 Å². The van der Waals surface area contributed by atoms with Crippen LogP contribution in [0.25, 0.3) is 11.1 Å². The topological polar surface area (TPSA) is 35.5 Å². The Morgan fingerprint density at radius 1 is 0.742 bits per heavy atom. The molecule has 0 saturated heterocycles. The van der Waals surface area contributed by atoms with E-state index in [-0.39, 0.29) is 0 Å². The van der Waals surface area contributed by atoms with Gasteiger partial charge in [-0.15, -0.1) is 0 Å². The maximum absolute atomic E-state index is 14.1. The molecule has 0 bridgehead atoms. The van der Waals surface area contributed by atoms with Crippen molar-refractivity contribution < 1.29 is 14.0 Å². The lowest BCUT2D eigenvalue weighted by Crippen LogP contribution is -2.16. The highest BCUT2D eigenvalue weighted by Crippen LogP contribution is 2.50. The van der Waals surface area contributed by atoms with Crippen LogP contribution in [0.2, 0.25) is 0 Å². The molecule has 2 aromatic carbocycles. The van der Waals surface area contributed by atoms with Gasteiger partial charge >= 0.3 is 0 Å². The number of methoxy groups -OCH3 is 2. The lowest BCUT2D eigenvalue weighted by atomic mass is 9.81. The number of hydrogen-bond acceptors (Lipinski definition) is 3. The maximum atomic E-state index is 14.1. The molecule has 0 aliphatic carbocycles. The van der Waals surface area contributed by atoms with Gasteiger partial charge in [-0.05, 0) is 57.7 Å². The summed E-state index contributed by atoms with van der Waals surface area (Å²) < 4.78 is 25.3. The summed E-state index contributed by atoms with van der Waals surface area (Å²) in [6.45, 7) is 17.5. The Morgan fingerprint density at radius 3 is 1.55 bits per heavy atom. The molecule has 0 heterocycles. The van der Waals surface area contributed by atoms with Crippen molar-refractivity contribution in [2.24, 2.45) is 0 Å². The highest BCUT2D eigenvalue weighted by Gasteiger charge is 2.29. The standard InChI is InChI=1S/C27H41O3P/c1-11-31(28,12-2)26-16-25(30-10)24(29-9)15-23(26)27-21(18(5)6)13-20(17(3)4)14-22(27)19(7)8/h13-19H,11-12H2,1-10H3. The predicted octanol–water partition coefficient (Wildman–Crippen LogP) is 7.77. The van der Waals surface area contributed by atoms with E-state index in [1.54, 1.807) is 14.2 Å². The molecule has 0 aliphatic rings. The Morgan fingerprint density at radius 2 is 1.19 bits per heavy atom. The molecule has 0 spiro atoms. The van der Waals surface area contributed by atoms with Crippen molar-refractivity contribution in [1.82, 2.24) is 0 Å². The molecule has 0 N–H and O–H groups in total. The quantitative estimate of drug-likeness (QED) is 0.371. The fourth-order valence-corrected chi connectivity index (χ4v) is 6.33. The van der Waals surface area contributed by atoms with Crippen LogP contribution < -0.4 is 14.8 Å². The molecule has 0 fully saturated rings. The van der Waals surface area contributed by atoms with Gasteiger partial charge in [0.1, 0.15) is 7.14 Å². The van der Waals surface area contributed by atoms with Crippen LogP contribution in [0.4, 0.5) is 0 Å². The van der Waals surface area contributed by atoms with E-state index in [0.717, 1.165) is 10.9 Å². The van der Waals surface area contributed by atoms with Crippen LogP contribution in [-0.4, -0.2) is 26.5 Å².